The smallest absolute Gasteiger partial charge is 0.239 e. The molecule has 2 aromatic carbocycles. The number of carbonyl (C=O) groups excluding carboxylic acids is 1. The maximum Gasteiger partial charge on any atom is 0.239 e. The molecule has 0 atom stereocenters. The quantitative estimate of drug-likeness (QED) is 0.815. The number of hydrogen-bond donors (Lipinski definition) is 2. The Bertz CT molecular complexity index is 692. The lowest BCUT2D eigenvalue weighted by atomic mass is 9.86. The summed E-state index contributed by atoms with van der Waals surface area (Å²) in [7, 11) is 0. The molecule has 0 spiro atoms. The number of rotatable bonds is 6. The van der Waals surface area contributed by atoms with Gasteiger partial charge in [0, 0.05) is 17.3 Å². The fraction of sp³-hybridized carbons (Fsp3) is 0.350. The third-order valence-corrected chi connectivity index (χ3v) is 4.03. The Labute approximate surface area is 149 Å². The molecule has 0 radical (unpaired) electrons. The number of benzene rings is 2. The highest BCUT2D eigenvalue weighted by atomic mass is 35.5. The van der Waals surface area contributed by atoms with Crippen LogP contribution in [0.4, 0.5) is 5.69 Å². The fourth-order valence-corrected chi connectivity index (χ4v) is 2.78. The number of anilines is 1. The first kappa shape index (κ1) is 18.3. The molecule has 0 aliphatic carbocycles. The first-order chi connectivity index (χ1) is 11.4. The van der Waals surface area contributed by atoms with Gasteiger partial charge >= 0.3 is 0 Å². The molecule has 0 aromatic heterocycles. The molecule has 2 rings (SSSR count). The van der Waals surface area contributed by atoms with Crippen molar-refractivity contribution in [1.82, 2.24) is 5.32 Å². The lowest BCUT2D eigenvalue weighted by Crippen LogP contribution is -2.32. The van der Waals surface area contributed by atoms with E-state index in [-0.39, 0.29) is 17.9 Å². The topological polar surface area (TPSA) is 41.1 Å². The van der Waals surface area contributed by atoms with Crippen molar-refractivity contribution >= 4 is 23.2 Å². The van der Waals surface area contributed by atoms with Gasteiger partial charge in [0.1, 0.15) is 0 Å². The maximum atomic E-state index is 12.0. The lowest BCUT2D eigenvalue weighted by molar-refractivity contribution is -0.119. The van der Waals surface area contributed by atoms with Crippen LogP contribution in [0, 0.1) is 0 Å². The lowest BCUT2D eigenvalue weighted by Gasteiger charge is -2.23. The summed E-state index contributed by atoms with van der Waals surface area (Å²) in [6, 6.07) is 15.8. The highest BCUT2D eigenvalue weighted by molar-refractivity contribution is 6.30. The van der Waals surface area contributed by atoms with E-state index in [1.807, 2.05) is 42.5 Å². The fourth-order valence-electron chi connectivity index (χ4n) is 2.57. The van der Waals surface area contributed by atoms with E-state index in [2.05, 4.69) is 37.5 Å². The molecule has 4 heteroatoms. The zero-order chi connectivity index (χ0) is 17.6. The summed E-state index contributed by atoms with van der Waals surface area (Å²) in [5.74, 6) is -0.0132. The van der Waals surface area contributed by atoms with Gasteiger partial charge in [0.2, 0.25) is 5.91 Å². The van der Waals surface area contributed by atoms with Gasteiger partial charge < -0.3 is 10.6 Å². The van der Waals surface area contributed by atoms with Gasteiger partial charge in [0.25, 0.3) is 0 Å². The van der Waals surface area contributed by atoms with E-state index < -0.39 is 0 Å². The molecule has 128 valence electrons. The van der Waals surface area contributed by atoms with Crippen LogP contribution < -0.4 is 10.6 Å². The van der Waals surface area contributed by atoms with E-state index in [4.69, 9.17) is 11.6 Å². The molecule has 1 amide bonds. The molecular formula is C20H25ClN2O. The summed E-state index contributed by atoms with van der Waals surface area (Å²) in [5, 5.41) is 6.90. The Morgan fingerprint density at radius 3 is 2.54 bits per heavy atom. The number of halogens is 1. The molecular weight excluding hydrogens is 320 g/mol. The second-order valence-corrected chi connectivity index (χ2v) is 7.32. The van der Waals surface area contributed by atoms with Crippen molar-refractivity contribution in [2.45, 2.75) is 32.6 Å². The van der Waals surface area contributed by atoms with Gasteiger partial charge in [-0.3, -0.25) is 4.79 Å². The van der Waals surface area contributed by atoms with Gasteiger partial charge in [0.15, 0.2) is 0 Å². The van der Waals surface area contributed by atoms with Crippen LogP contribution >= 0.6 is 11.6 Å². The van der Waals surface area contributed by atoms with Gasteiger partial charge in [-0.15, -0.1) is 0 Å². The maximum absolute atomic E-state index is 12.0. The van der Waals surface area contributed by atoms with Crippen LogP contribution in [-0.2, 0) is 16.6 Å². The third kappa shape index (κ3) is 5.57. The van der Waals surface area contributed by atoms with Gasteiger partial charge in [-0.1, -0.05) is 62.7 Å². The number of para-hydroxylation sites is 1. The first-order valence-electron chi connectivity index (χ1n) is 8.21. The van der Waals surface area contributed by atoms with Gasteiger partial charge in [-0.05, 0) is 41.2 Å². The first-order valence-corrected chi connectivity index (χ1v) is 8.58. The van der Waals surface area contributed by atoms with Crippen LogP contribution in [0.1, 0.15) is 31.9 Å². The minimum absolute atomic E-state index is 0.0132. The van der Waals surface area contributed by atoms with Gasteiger partial charge in [-0.25, -0.2) is 0 Å². The zero-order valence-corrected chi connectivity index (χ0v) is 15.3. The summed E-state index contributed by atoms with van der Waals surface area (Å²) in [6.07, 6.45) is 0.769. The van der Waals surface area contributed by atoms with E-state index in [1.165, 1.54) is 5.56 Å². The Hall–Kier alpha value is -2.00. The Morgan fingerprint density at radius 1 is 1.08 bits per heavy atom. The van der Waals surface area contributed by atoms with E-state index in [0.717, 1.165) is 22.7 Å². The van der Waals surface area contributed by atoms with Crippen LogP contribution in [0.15, 0.2) is 48.5 Å². The summed E-state index contributed by atoms with van der Waals surface area (Å²) < 4.78 is 0. The second kappa shape index (κ2) is 8.20. The highest BCUT2D eigenvalue weighted by Crippen LogP contribution is 2.28. The summed E-state index contributed by atoms with van der Waals surface area (Å²) in [5.41, 5.74) is 3.37. The van der Waals surface area contributed by atoms with Crippen LogP contribution in [0.25, 0.3) is 0 Å². The van der Waals surface area contributed by atoms with Crippen LogP contribution in [-0.4, -0.2) is 19.0 Å². The SMILES string of the molecule is CC(C)(C)c1ccccc1NCC(=O)NCCc1cccc(Cl)c1. The normalized spacial score (nSPS) is 11.2. The molecule has 0 heterocycles. The average Bonchev–Trinajstić information content (AvgIpc) is 2.52. The third-order valence-electron chi connectivity index (χ3n) is 3.80. The van der Waals surface area contributed by atoms with Crippen LogP contribution in [0.2, 0.25) is 5.02 Å². The van der Waals surface area contributed by atoms with Crippen molar-refractivity contribution in [3.05, 3.63) is 64.7 Å². The Kier molecular flexibility index (Phi) is 6.27. The van der Waals surface area contributed by atoms with Crippen LogP contribution in [0.3, 0.4) is 0 Å². The molecule has 0 fully saturated rings. The van der Waals surface area contributed by atoms with E-state index >= 15 is 0 Å². The van der Waals surface area contributed by atoms with Crippen molar-refractivity contribution in [3.8, 4) is 0 Å². The molecule has 3 nitrogen and oxygen atoms in total. The highest BCUT2D eigenvalue weighted by Gasteiger charge is 2.17. The van der Waals surface area contributed by atoms with Crippen molar-refractivity contribution < 1.29 is 4.79 Å². The molecule has 0 aliphatic rings. The van der Waals surface area contributed by atoms with Crippen molar-refractivity contribution in [2.75, 3.05) is 18.4 Å². The van der Waals surface area contributed by atoms with E-state index in [0.29, 0.717) is 6.54 Å². The van der Waals surface area contributed by atoms with Crippen molar-refractivity contribution in [1.29, 1.82) is 0 Å². The minimum Gasteiger partial charge on any atom is -0.376 e. The Morgan fingerprint density at radius 2 is 1.83 bits per heavy atom. The predicted octanol–water partition coefficient (Wildman–Crippen LogP) is 4.41. The number of nitrogens with one attached hydrogen (secondary N) is 2. The Balaban J connectivity index is 1.82. The average molecular weight is 345 g/mol. The van der Waals surface area contributed by atoms with E-state index in [1.54, 1.807) is 0 Å². The van der Waals surface area contributed by atoms with Crippen molar-refractivity contribution in [3.63, 3.8) is 0 Å². The molecule has 0 bridgehead atoms. The number of amides is 1. The molecule has 0 saturated heterocycles. The molecule has 0 aliphatic heterocycles. The van der Waals surface area contributed by atoms with Crippen LogP contribution in [0.5, 0.6) is 0 Å². The molecule has 24 heavy (non-hydrogen) atoms. The predicted molar refractivity (Wildman–Crippen MR) is 102 cm³/mol. The van der Waals surface area contributed by atoms with Crippen molar-refractivity contribution in [2.24, 2.45) is 0 Å². The standard InChI is InChI=1S/C20H25ClN2O/c1-20(2,3)17-9-4-5-10-18(17)23-14-19(24)22-12-11-15-7-6-8-16(21)13-15/h4-10,13,23H,11-12,14H2,1-3H3,(H,22,24). The second-order valence-electron chi connectivity index (χ2n) is 6.88. The number of carbonyl (C=O) groups is 1. The monoisotopic (exact) mass is 344 g/mol. The van der Waals surface area contributed by atoms with E-state index in [9.17, 15) is 4.79 Å². The molecule has 0 saturated carbocycles. The zero-order valence-electron chi connectivity index (χ0n) is 14.5. The molecule has 0 unspecified atom stereocenters. The largest absolute Gasteiger partial charge is 0.376 e. The summed E-state index contributed by atoms with van der Waals surface area (Å²) in [4.78, 5) is 12.0. The summed E-state index contributed by atoms with van der Waals surface area (Å²) in [6.45, 7) is 7.36. The summed E-state index contributed by atoms with van der Waals surface area (Å²) >= 11 is 5.96. The molecule has 2 aromatic rings. The molecule has 2 N–H and O–H groups in total. The van der Waals surface area contributed by atoms with Gasteiger partial charge in [-0.2, -0.15) is 0 Å². The minimum atomic E-state index is -0.0132. The van der Waals surface area contributed by atoms with Gasteiger partial charge in [0.05, 0.1) is 6.54 Å². The number of hydrogen-bond acceptors (Lipinski definition) is 2.